The average Bonchev–Trinajstić information content (AvgIpc) is 2.36. The Balaban J connectivity index is 2.61. The molecule has 0 heterocycles. The summed E-state index contributed by atoms with van der Waals surface area (Å²) in [5, 5.41) is 3.74. The predicted molar refractivity (Wildman–Crippen MR) is 86.7 cm³/mol. The zero-order chi connectivity index (χ0) is 15.0. The van der Waals surface area contributed by atoms with Crippen molar-refractivity contribution in [3.05, 3.63) is 35.4 Å². The Hall–Kier alpha value is -0.860. The molecule has 2 heteroatoms. The molecule has 114 valence electrons. The zero-order valence-corrected chi connectivity index (χ0v) is 13.8. The van der Waals surface area contributed by atoms with Gasteiger partial charge in [0, 0.05) is 19.7 Å². The van der Waals surface area contributed by atoms with Crippen LogP contribution in [0.2, 0.25) is 0 Å². The molecule has 0 aliphatic heterocycles. The fourth-order valence-corrected chi connectivity index (χ4v) is 2.68. The second-order valence-electron chi connectivity index (χ2n) is 6.54. The monoisotopic (exact) mass is 277 g/mol. The van der Waals surface area contributed by atoms with Gasteiger partial charge in [0.2, 0.25) is 0 Å². The van der Waals surface area contributed by atoms with Gasteiger partial charge in [0.1, 0.15) is 0 Å². The maximum atomic E-state index is 5.28. The van der Waals surface area contributed by atoms with E-state index in [1.807, 2.05) is 0 Å². The van der Waals surface area contributed by atoms with E-state index < -0.39 is 0 Å². The van der Waals surface area contributed by atoms with E-state index in [0.717, 1.165) is 18.4 Å². The minimum absolute atomic E-state index is 0.602. The fraction of sp³-hybridized carbons (Fsp3) is 0.667. The van der Waals surface area contributed by atoms with Crippen molar-refractivity contribution in [1.82, 2.24) is 5.32 Å². The Morgan fingerprint density at radius 2 is 1.50 bits per heavy atom. The summed E-state index contributed by atoms with van der Waals surface area (Å²) >= 11 is 0. The highest BCUT2D eigenvalue weighted by Crippen LogP contribution is 2.15. The van der Waals surface area contributed by atoms with Crippen LogP contribution in [0.3, 0.4) is 0 Å². The normalized spacial score (nSPS) is 11.8. The topological polar surface area (TPSA) is 21.3 Å². The van der Waals surface area contributed by atoms with Gasteiger partial charge in [-0.15, -0.1) is 0 Å². The Morgan fingerprint density at radius 3 is 2.00 bits per heavy atom. The van der Waals surface area contributed by atoms with E-state index in [1.165, 1.54) is 24.0 Å². The highest BCUT2D eigenvalue weighted by molar-refractivity contribution is 5.26. The fourth-order valence-electron chi connectivity index (χ4n) is 2.68. The number of benzene rings is 1. The van der Waals surface area contributed by atoms with Crippen LogP contribution in [-0.2, 0) is 17.9 Å². The van der Waals surface area contributed by atoms with E-state index >= 15 is 0 Å². The molecule has 0 aliphatic rings. The first-order chi connectivity index (χ1) is 9.52. The molecular weight excluding hydrogens is 246 g/mol. The van der Waals surface area contributed by atoms with Crippen LogP contribution >= 0.6 is 0 Å². The summed E-state index contributed by atoms with van der Waals surface area (Å²) in [6.45, 7) is 10.8. The molecule has 1 aromatic rings. The largest absolute Gasteiger partial charge is 0.380 e. The SMILES string of the molecule is COCc1ccccc1CNC(CC(C)C)CC(C)C. The standard InChI is InChI=1S/C18H31NO/c1-14(2)10-18(11-15(3)4)19-12-16-8-6-7-9-17(16)13-20-5/h6-9,14-15,18-19H,10-13H2,1-5H3. The summed E-state index contributed by atoms with van der Waals surface area (Å²) in [6.07, 6.45) is 2.48. The third-order valence-electron chi connectivity index (χ3n) is 3.51. The number of nitrogens with one attached hydrogen (secondary N) is 1. The van der Waals surface area contributed by atoms with Gasteiger partial charge in [0.05, 0.1) is 6.61 Å². The molecule has 1 N–H and O–H groups in total. The van der Waals surface area contributed by atoms with Gasteiger partial charge in [0.15, 0.2) is 0 Å². The van der Waals surface area contributed by atoms with E-state index in [2.05, 4.69) is 57.3 Å². The van der Waals surface area contributed by atoms with Crippen LogP contribution in [0.5, 0.6) is 0 Å². The van der Waals surface area contributed by atoms with Crippen molar-refractivity contribution < 1.29 is 4.74 Å². The maximum absolute atomic E-state index is 5.28. The number of methoxy groups -OCH3 is 1. The van der Waals surface area contributed by atoms with Crippen LogP contribution in [0.25, 0.3) is 0 Å². The van der Waals surface area contributed by atoms with Crippen LogP contribution in [0.4, 0.5) is 0 Å². The van der Waals surface area contributed by atoms with E-state index in [0.29, 0.717) is 12.6 Å². The number of hydrogen-bond donors (Lipinski definition) is 1. The van der Waals surface area contributed by atoms with E-state index in [9.17, 15) is 0 Å². The van der Waals surface area contributed by atoms with Crippen LogP contribution in [0.15, 0.2) is 24.3 Å². The Kier molecular flexibility index (Phi) is 7.86. The molecule has 0 saturated heterocycles. The Morgan fingerprint density at radius 1 is 0.950 bits per heavy atom. The van der Waals surface area contributed by atoms with Crippen LogP contribution in [-0.4, -0.2) is 13.2 Å². The minimum Gasteiger partial charge on any atom is -0.380 e. The molecule has 0 fully saturated rings. The molecule has 0 amide bonds. The third-order valence-corrected chi connectivity index (χ3v) is 3.51. The van der Waals surface area contributed by atoms with Gasteiger partial charge >= 0.3 is 0 Å². The van der Waals surface area contributed by atoms with E-state index in [4.69, 9.17) is 4.74 Å². The van der Waals surface area contributed by atoms with Crippen LogP contribution in [0, 0.1) is 11.8 Å². The molecule has 1 aromatic carbocycles. The van der Waals surface area contributed by atoms with Gasteiger partial charge in [-0.1, -0.05) is 52.0 Å². The molecule has 0 aromatic heterocycles. The molecule has 20 heavy (non-hydrogen) atoms. The van der Waals surface area contributed by atoms with Gasteiger partial charge in [-0.05, 0) is 35.8 Å². The molecule has 1 rings (SSSR count). The Labute approximate surface area is 124 Å². The smallest absolute Gasteiger partial charge is 0.0716 e. The number of rotatable bonds is 9. The first kappa shape index (κ1) is 17.2. The first-order valence-electron chi connectivity index (χ1n) is 7.82. The summed E-state index contributed by atoms with van der Waals surface area (Å²) in [7, 11) is 1.75. The lowest BCUT2D eigenvalue weighted by Gasteiger charge is -2.23. The van der Waals surface area contributed by atoms with E-state index in [1.54, 1.807) is 7.11 Å². The van der Waals surface area contributed by atoms with Gasteiger partial charge in [-0.25, -0.2) is 0 Å². The van der Waals surface area contributed by atoms with Gasteiger partial charge in [-0.3, -0.25) is 0 Å². The van der Waals surface area contributed by atoms with Crippen molar-refractivity contribution in [3.63, 3.8) is 0 Å². The quantitative estimate of drug-likeness (QED) is 0.723. The maximum Gasteiger partial charge on any atom is 0.0716 e. The molecule has 2 nitrogen and oxygen atoms in total. The highest BCUT2D eigenvalue weighted by Gasteiger charge is 2.13. The third kappa shape index (κ3) is 6.53. The molecule has 0 saturated carbocycles. The first-order valence-corrected chi connectivity index (χ1v) is 7.82. The number of ether oxygens (including phenoxy) is 1. The zero-order valence-electron chi connectivity index (χ0n) is 13.8. The predicted octanol–water partition coefficient (Wildman–Crippen LogP) is 4.38. The lowest BCUT2D eigenvalue weighted by molar-refractivity contribution is 0.184. The van der Waals surface area contributed by atoms with Crippen molar-refractivity contribution >= 4 is 0 Å². The van der Waals surface area contributed by atoms with E-state index in [-0.39, 0.29) is 0 Å². The van der Waals surface area contributed by atoms with Crippen molar-refractivity contribution in [2.45, 2.75) is 59.7 Å². The van der Waals surface area contributed by atoms with Crippen LogP contribution in [0.1, 0.15) is 51.7 Å². The molecule has 0 radical (unpaired) electrons. The van der Waals surface area contributed by atoms with Gasteiger partial charge in [0.25, 0.3) is 0 Å². The van der Waals surface area contributed by atoms with Crippen molar-refractivity contribution in [1.29, 1.82) is 0 Å². The van der Waals surface area contributed by atoms with Crippen molar-refractivity contribution in [2.24, 2.45) is 11.8 Å². The summed E-state index contributed by atoms with van der Waals surface area (Å²) < 4.78 is 5.28. The van der Waals surface area contributed by atoms with Crippen molar-refractivity contribution in [3.8, 4) is 0 Å². The van der Waals surface area contributed by atoms with Crippen LogP contribution < -0.4 is 5.32 Å². The lowest BCUT2D eigenvalue weighted by atomic mass is 9.95. The minimum atomic E-state index is 0.602. The summed E-state index contributed by atoms with van der Waals surface area (Å²) in [5.41, 5.74) is 2.64. The molecule has 0 aliphatic carbocycles. The van der Waals surface area contributed by atoms with Gasteiger partial charge in [-0.2, -0.15) is 0 Å². The molecule has 0 unspecified atom stereocenters. The molecule has 0 atom stereocenters. The Bertz CT molecular complexity index is 363. The molecule has 0 spiro atoms. The second kappa shape index (κ2) is 9.15. The summed E-state index contributed by atoms with van der Waals surface area (Å²) in [5.74, 6) is 1.47. The molecule has 0 bridgehead atoms. The number of hydrogen-bond acceptors (Lipinski definition) is 2. The van der Waals surface area contributed by atoms with Crippen molar-refractivity contribution in [2.75, 3.05) is 7.11 Å². The summed E-state index contributed by atoms with van der Waals surface area (Å²) in [4.78, 5) is 0. The molecular formula is C18H31NO. The highest BCUT2D eigenvalue weighted by atomic mass is 16.5. The average molecular weight is 277 g/mol. The van der Waals surface area contributed by atoms with Gasteiger partial charge < -0.3 is 10.1 Å². The second-order valence-corrected chi connectivity index (χ2v) is 6.54. The summed E-state index contributed by atoms with van der Waals surface area (Å²) in [6, 6.07) is 9.14. The lowest BCUT2D eigenvalue weighted by Crippen LogP contribution is -2.31.